The van der Waals surface area contributed by atoms with Crippen molar-refractivity contribution in [2.24, 2.45) is 0 Å². The van der Waals surface area contributed by atoms with Gasteiger partial charge >= 0.3 is 5.91 Å². The third-order valence-electron chi connectivity index (χ3n) is 3.86. The molecule has 2 aromatic rings. The zero-order valence-corrected chi connectivity index (χ0v) is 13.3. The zero-order chi connectivity index (χ0) is 17.1. The molecule has 0 spiro atoms. The van der Waals surface area contributed by atoms with Crippen molar-refractivity contribution in [3.05, 3.63) is 59.7 Å². The van der Waals surface area contributed by atoms with Crippen LogP contribution in [-0.2, 0) is 4.79 Å². The first-order valence-electron chi connectivity index (χ1n) is 7.88. The van der Waals surface area contributed by atoms with Gasteiger partial charge < -0.3 is 4.74 Å². The Hall–Kier alpha value is -2.95. The van der Waals surface area contributed by atoms with E-state index in [4.69, 9.17) is 4.74 Å². The van der Waals surface area contributed by atoms with Gasteiger partial charge in [-0.1, -0.05) is 25.5 Å². The van der Waals surface area contributed by atoms with Crippen LogP contribution >= 0.6 is 0 Å². The SMILES string of the molecule is CCCCOc1ccc(C(=O)N2C(=O)C(=O)c3ccccc32)cc1. The molecule has 24 heavy (non-hydrogen) atoms. The molecule has 3 rings (SSSR count). The fraction of sp³-hybridized carbons (Fsp3) is 0.211. The maximum absolute atomic E-state index is 12.6. The highest BCUT2D eigenvalue weighted by Gasteiger charge is 2.39. The molecule has 122 valence electrons. The highest BCUT2D eigenvalue weighted by molar-refractivity contribution is 6.57. The van der Waals surface area contributed by atoms with E-state index < -0.39 is 17.6 Å². The predicted molar refractivity (Wildman–Crippen MR) is 89.4 cm³/mol. The third kappa shape index (κ3) is 2.80. The Balaban J connectivity index is 1.82. The lowest BCUT2D eigenvalue weighted by Crippen LogP contribution is -2.35. The number of para-hydroxylation sites is 1. The van der Waals surface area contributed by atoms with E-state index in [0.717, 1.165) is 17.7 Å². The summed E-state index contributed by atoms with van der Waals surface area (Å²) in [5, 5.41) is 0. The van der Waals surface area contributed by atoms with Gasteiger partial charge in [-0.05, 0) is 42.8 Å². The van der Waals surface area contributed by atoms with E-state index in [2.05, 4.69) is 6.92 Å². The van der Waals surface area contributed by atoms with Crippen molar-refractivity contribution in [2.75, 3.05) is 11.5 Å². The zero-order valence-electron chi connectivity index (χ0n) is 13.3. The summed E-state index contributed by atoms with van der Waals surface area (Å²) < 4.78 is 5.56. The molecule has 1 heterocycles. The third-order valence-corrected chi connectivity index (χ3v) is 3.86. The second kappa shape index (κ2) is 6.66. The molecule has 0 saturated carbocycles. The lowest BCUT2D eigenvalue weighted by Gasteiger charge is -2.14. The molecule has 0 aliphatic carbocycles. The summed E-state index contributed by atoms with van der Waals surface area (Å²) in [6.07, 6.45) is 2.00. The van der Waals surface area contributed by atoms with Crippen molar-refractivity contribution >= 4 is 23.3 Å². The molecule has 5 heteroatoms. The number of unbranched alkanes of at least 4 members (excludes halogenated alkanes) is 1. The number of rotatable bonds is 5. The highest BCUT2D eigenvalue weighted by Crippen LogP contribution is 2.30. The van der Waals surface area contributed by atoms with E-state index in [9.17, 15) is 14.4 Å². The van der Waals surface area contributed by atoms with Crippen molar-refractivity contribution in [3.63, 3.8) is 0 Å². The Morgan fingerprint density at radius 2 is 1.75 bits per heavy atom. The lowest BCUT2D eigenvalue weighted by molar-refractivity contribution is -0.113. The van der Waals surface area contributed by atoms with Crippen LogP contribution in [0.1, 0.15) is 40.5 Å². The number of carbonyl (C=O) groups is 3. The lowest BCUT2D eigenvalue weighted by atomic mass is 10.1. The first-order chi connectivity index (χ1) is 11.6. The second-order valence-corrected chi connectivity index (χ2v) is 5.52. The number of ketones is 1. The van der Waals surface area contributed by atoms with E-state index in [0.29, 0.717) is 23.6 Å². The largest absolute Gasteiger partial charge is 0.494 e. The van der Waals surface area contributed by atoms with E-state index in [1.54, 1.807) is 48.5 Å². The van der Waals surface area contributed by atoms with Crippen molar-refractivity contribution < 1.29 is 19.1 Å². The number of benzene rings is 2. The summed E-state index contributed by atoms with van der Waals surface area (Å²) in [4.78, 5) is 37.7. The molecule has 0 bridgehead atoms. The normalized spacial score (nSPS) is 13.1. The highest BCUT2D eigenvalue weighted by atomic mass is 16.5. The summed E-state index contributed by atoms with van der Waals surface area (Å²) in [5.74, 6) is -1.31. The summed E-state index contributed by atoms with van der Waals surface area (Å²) in [5.41, 5.74) is 0.923. The first-order valence-corrected chi connectivity index (χ1v) is 7.88. The molecule has 1 aliphatic rings. The fourth-order valence-electron chi connectivity index (χ4n) is 2.55. The van der Waals surface area contributed by atoms with Gasteiger partial charge in [-0.3, -0.25) is 14.4 Å². The number of hydrogen-bond donors (Lipinski definition) is 0. The van der Waals surface area contributed by atoms with Gasteiger partial charge in [0, 0.05) is 5.56 Å². The molecule has 1 aliphatic heterocycles. The Morgan fingerprint density at radius 3 is 2.46 bits per heavy atom. The number of Topliss-reactive ketones (excluding diaryl/α,β-unsaturated/α-hetero) is 1. The molecule has 2 amide bonds. The predicted octanol–water partition coefficient (Wildman–Crippen LogP) is 3.24. The number of hydrogen-bond acceptors (Lipinski definition) is 4. The summed E-state index contributed by atoms with van der Waals surface area (Å²) in [7, 11) is 0. The van der Waals surface area contributed by atoms with Crippen LogP contribution in [-0.4, -0.2) is 24.2 Å². The Kier molecular flexibility index (Phi) is 4.42. The van der Waals surface area contributed by atoms with E-state index in [1.165, 1.54) is 0 Å². The second-order valence-electron chi connectivity index (χ2n) is 5.52. The fourth-order valence-corrected chi connectivity index (χ4v) is 2.55. The molecule has 2 aromatic carbocycles. The van der Waals surface area contributed by atoms with Gasteiger partial charge in [-0.15, -0.1) is 0 Å². The van der Waals surface area contributed by atoms with Crippen LogP contribution < -0.4 is 9.64 Å². The van der Waals surface area contributed by atoms with Gasteiger partial charge in [0.25, 0.3) is 11.7 Å². The van der Waals surface area contributed by atoms with Gasteiger partial charge in [-0.25, -0.2) is 4.90 Å². The Morgan fingerprint density at radius 1 is 1.04 bits per heavy atom. The number of fused-ring (bicyclic) bond motifs is 1. The maximum atomic E-state index is 12.6. The van der Waals surface area contributed by atoms with Gasteiger partial charge in [0.15, 0.2) is 0 Å². The van der Waals surface area contributed by atoms with Gasteiger partial charge in [0.2, 0.25) is 0 Å². The molecule has 0 radical (unpaired) electrons. The van der Waals surface area contributed by atoms with Crippen molar-refractivity contribution in [2.45, 2.75) is 19.8 Å². The molecular formula is C19H17NO4. The van der Waals surface area contributed by atoms with E-state index in [1.807, 2.05) is 0 Å². The minimum absolute atomic E-state index is 0.260. The number of amides is 2. The standard InChI is InChI=1S/C19H17NO4/c1-2-3-12-24-14-10-8-13(9-11-14)18(22)20-16-7-5-4-6-15(16)17(21)19(20)23/h4-11H,2-3,12H2,1H3. The van der Waals surface area contributed by atoms with E-state index in [-0.39, 0.29) is 5.56 Å². The molecular weight excluding hydrogens is 306 g/mol. The number of ether oxygens (including phenoxy) is 1. The quantitative estimate of drug-likeness (QED) is 0.481. The molecule has 0 fully saturated rings. The van der Waals surface area contributed by atoms with Gasteiger partial charge in [0.05, 0.1) is 17.9 Å². The molecule has 0 N–H and O–H groups in total. The van der Waals surface area contributed by atoms with Crippen molar-refractivity contribution in [3.8, 4) is 5.75 Å². The Bertz CT molecular complexity index is 795. The Labute approximate surface area is 139 Å². The minimum atomic E-state index is -0.815. The average Bonchev–Trinajstić information content (AvgIpc) is 2.87. The van der Waals surface area contributed by atoms with Crippen LogP contribution in [0.3, 0.4) is 0 Å². The van der Waals surface area contributed by atoms with Gasteiger partial charge in [0.1, 0.15) is 5.75 Å². The van der Waals surface area contributed by atoms with E-state index >= 15 is 0 Å². The maximum Gasteiger partial charge on any atom is 0.306 e. The topological polar surface area (TPSA) is 63.7 Å². The molecule has 0 unspecified atom stereocenters. The molecule has 0 aromatic heterocycles. The summed E-state index contributed by atoms with van der Waals surface area (Å²) in [6, 6.07) is 13.1. The number of imide groups is 1. The summed E-state index contributed by atoms with van der Waals surface area (Å²) in [6.45, 7) is 2.70. The average molecular weight is 323 g/mol. The minimum Gasteiger partial charge on any atom is -0.494 e. The van der Waals surface area contributed by atoms with Crippen molar-refractivity contribution in [1.82, 2.24) is 0 Å². The van der Waals surface area contributed by atoms with Gasteiger partial charge in [-0.2, -0.15) is 0 Å². The van der Waals surface area contributed by atoms with Crippen LogP contribution in [0.25, 0.3) is 0 Å². The summed E-state index contributed by atoms with van der Waals surface area (Å²) >= 11 is 0. The smallest absolute Gasteiger partial charge is 0.306 e. The van der Waals surface area contributed by atoms with Crippen LogP contribution in [0, 0.1) is 0 Å². The number of anilines is 1. The molecule has 0 saturated heterocycles. The van der Waals surface area contributed by atoms with Crippen LogP contribution in [0.15, 0.2) is 48.5 Å². The monoisotopic (exact) mass is 323 g/mol. The number of carbonyl (C=O) groups excluding carboxylic acids is 3. The van der Waals surface area contributed by atoms with Crippen LogP contribution in [0.5, 0.6) is 5.75 Å². The number of nitrogens with zero attached hydrogens (tertiary/aromatic N) is 1. The van der Waals surface area contributed by atoms with Crippen LogP contribution in [0.4, 0.5) is 5.69 Å². The first kappa shape index (κ1) is 15.9. The van der Waals surface area contributed by atoms with Crippen molar-refractivity contribution in [1.29, 1.82) is 0 Å². The molecule has 5 nitrogen and oxygen atoms in total. The van der Waals surface area contributed by atoms with Crippen LogP contribution in [0.2, 0.25) is 0 Å². The molecule has 0 atom stereocenters.